The van der Waals surface area contributed by atoms with E-state index in [0.717, 1.165) is 28.0 Å². The van der Waals surface area contributed by atoms with Crippen molar-refractivity contribution in [3.63, 3.8) is 0 Å². The summed E-state index contributed by atoms with van der Waals surface area (Å²) in [6.45, 7) is 4.30. The van der Waals surface area contributed by atoms with E-state index in [4.69, 9.17) is 4.42 Å². The van der Waals surface area contributed by atoms with Gasteiger partial charge >= 0.3 is 0 Å². The molecule has 2 rings (SSSR count). The van der Waals surface area contributed by atoms with Crippen LogP contribution in [-0.2, 0) is 6.54 Å². The Labute approximate surface area is 121 Å². The Balaban J connectivity index is 2.20. The van der Waals surface area contributed by atoms with Gasteiger partial charge in [0.15, 0.2) is 5.78 Å². The standard InChI is InChI=1S/C15H16BrNO2/c1-10(18)14-5-4-13(8-15(14)16)17(3)9-12-6-7-19-11(12)2/h4-8H,9H2,1-3H3. The minimum absolute atomic E-state index is 0.0618. The van der Waals surface area contributed by atoms with Crippen molar-refractivity contribution in [3.8, 4) is 0 Å². The fourth-order valence-electron chi connectivity index (χ4n) is 1.95. The molecule has 0 aliphatic carbocycles. The maximum absolute atomic E-state index is 11.4. The van der Waals surface area contributed by atoms with Gasteiger partial charge in [0.05, 0.1) is 6.26 Å². The molecule has 0 saturated heterocycles. The molecule has 1 heterocycles. The van der Waals surface area contributed by atoms with Crippen LogP contribution in [0.2, 0.25) is 0 Å². The van der Waals surface area contributed by atoms with Crippen LogP contribution in [0, 0.1) is 6.92 Å². The number of benzene rings is 1. The summed E-state index contributed by atoms with van der Waals surface area (Å²) >= 11 is 3.44. The van der Waals surface area contributed by atoms with Crippen molar-refractivity contribution < 1.29 is 9.21 Å². The van der Waals surface area contributed by atoms with Gasteiger partial charge in [-0.25, -0.2) is 0 Å². The van der Waals surface area contributed by atoms with E-state index >= 15 is 0 Å². The van der Waals surface area contributed by atoms with Gasteiger partial charge in [-0.15, -0.1) is 0 Å². The van der Waals surface area contributed by atoms with Crippen LogP contribution in [-0.4, -0.2) is 12.8 Å². The first-order valence-corrected chi connectivity index (χ1v) is 6.83. The molecule has 0 fully saturated rings. The number of Topliss-reactive ketones (excluding diaryl/α,β-unsaturated/α-hetero) is 1. The number of hydrogen-bond acceptors (Lipinski definition) is 3. The maximum atomic E-state index is 11.4. The molecular formula is C15H16BrNO2. The molecule has 100 valence electrons. The average Bonchev–Trinajstić information content (AvgIpc) is 2.74. The van der Waals surface area contributed by atoms with Crippen molar-refractivity contribution in [2.24, 2.45) is 0 Å². The first-order valence-electron chi connectivity index (χ1n) is 6.03. The number of halogens is 1. The summed E-state index contributed by atoms with van der Waals surface area (Å²) in [5.74, 6) is 0.998. The van der Waals surface area contributed by atoms with Gasteiger partial charge in [-0.3, -0.25) is 4.79 Å². The fourth-order valence-corrected chi connectivity index (χ4v) is 2.59. The minimum Gasteiger partial charge on any atom is -0.469 e. The monoisotopic (exact) mass is 321 g/mol. The highest BCUT2D eigenvalue weighted by molar-refractivity contribution is 9.10. The molecule has 1 aromatic carbocycles. The number of furan rings is 1. The van der Waals surface area contributed by atoms with Crippen molar-refractivity contribution in [1.29, 1.82) is 0 Å². The molecular weight excluding hydrogens is 306 g/mol. The van der Waals surface area contributed by atoms with Crippen molar-refractivity contribution in [2.45, 2.75) is 20.4 Å². The summed E-state index contributed by atoms with van der Waals surface area (Å²) in [5, 5.41) is 0. The summed E-state index contributed by atoms with van der Waals surface area (Å²) < 4.78 is 6.12. The SMILES string of the molecule is CC(=O)c1ccc(N(C)Cc2ccoc2C)cc1Br. The van der Waals surface area contributed by atoms with E-state index in [1.807, 2.05) is 38.2 Å². The van der Waals surface area contributed by atoms with Gasteiger partial charge in [-0.05, 0) is 54.0 Å². The van der Waals surface area contributed by atoms with E-state index in [9.17, 15) is 4.79 Å². The summed E-state index contributed by atoms with van der Waals surface area (Å²) in [6.07, 6.45) is 1.70. The predicted molar refractivity (Wildman–Crippen MR) is 79.7 cm³/mol. The highest BCUT2D eigenvalue weighted by Crippen LogP contribution is 2.25. The van der Waals surface area contributed by atoms with Crippen LogP contribution in [0.5, 0.6) is 0 Å². The Kier molecular flexibility index (Phi) is 4.10. The van der Waals surface area contributed by atoms with Crippen LogP contribution in [0.25, 0.3) is 0 Å². The number of aryl methyl sites for hydroxylation is 1. The van der Waals surface area contributed by atoms with E-state index < -0.39 is 0 Å². The Morgan fingerprint density at radius 3 is 2.63 bits per heavy atom. The molecule has 0 N–H and O–H groups in total. The predicted octanol–water partition coefficient (Wildman–Crippen LogP) is 4.19. The van der Waals surface area contributed by atoms with Crippen molar-refractivity contribution in [3.05, 3.63) is 51.9 Å². The lowest BCUT2D eigenvalue weighted by atomic mass is 10.1. The highest BCUT2D eigenvalue weighted by atomic mass is 79.9. The second-order valence-electron chi connectivity index (χ2n) is 4.58. The van der Waals surface area contributed by atoms with Crippen molar-refractivity contribution in [2.75, 3.05) is 11.9 Å². The lowest BCUT2D eigenvalue weighted by Crippen LogP contribution is -2.16. The van der Waals surface area contributed by atoms with Gasteiger partial charge in [-0.1, -0.05) is 0 Å². The van der Waals surface area contributed by atoms with E-state index in [1.54, 1.807) is 13.2 Å². The molecule has 0 unspecified atom stereocenters. The third-order valence-corrected chi connectivity index (χ3v) is 3.80. The van der Waals surface area contributed by atoms with Crippen LogP contribution in [0.1, 0.15) is 28.6 Å². The molecule has 2 aromatic rings. The largest absolute Gasteiger partial charge is 0.469 e. The number of hydrogen-bond donors (Lipinski definition) is 0. The van der Waals surface area contributed by atoms with Crippen LogP contribution in [0.15, 0.2) is 39.4 Å². The van der Waals surface area contributed by atoms with E-state index in [-0.39, 0.29) is 5.78 Å². The minimum atomic E-state index is 0.0618. The summed E-state index contributed by atoms with van der Waals surface area (Å²) in [4.78, 5) is 13.5. The first kappa shape index (κ1) is 13.9. The lowest BCUT2D eigenvalue weighted by molar-refractivity contribution is 0.101. The van der Waals surface area contributed by atoms with Gasteiger partial charge in [-0.2, -0.15) is 0 Å². The molecule has 3 nitrogen and oxygen atoms in total. The van der Waals surface area contributed by atoms with Crippen LogP contribution >= 0.6 is 15.9 Å². The highest BCUT2D eigenvalue weighted by Gasteiger charge is 2.10. The summed E-state index contributed by atoms with van der Waals surface area (Å²) in [5.41, 5.74) is 2.92. The Bertz CT molecular complexity index is 604. The number of nitrogens with zero attached hydrogens (tertiary/aromatic N) is 1. The Morgan fingerprint density at radius 2 is 2.11 bits per heavy atom. The van der Waals surface area contributed by atoms with Gasteiger partial charge in [0.2, 0.25) is 0 Å². The molecule has 4 heteroatoms. The van der Waals surface area contributed by atoms with Crippen molar-refractivity contribution in [1.82, 2.24) is 0 Å². The van der Waals surface area contributed by atoms with Crippen LogP contribution < -0.4 is 4.90 Å². The molecule has 0 spiro atoms. The Morgan fingerprint density at radius 1 is 1.37 bits per heavy atom. The van der Waals surface area contributed by atoms with Crippen molar-refractivity contribution >= 4 is 27.4 Å². The average molecular weight is 322 g/mol. The van der Waals surface area contributed by atoms with Gasteiger partial charge < -0.3 is 9.32 Å². The second-order valence-corrected chi connectivity index (χ2v) is 5.43. The van der Waals surface area contributed by atoms with E-state index in [0.29, 0.717) is 5.56 Å². The number of carbonyl (C=O) groups is 1. The smallest absolute Gasteiger partial charge is 0.160 e. The lowest BCUT2D eigenvalue weighted by Gasteiger charge is -2.19. The molecule has 0 bridgehead atoms. The topological polar surface area (TPSA) is 33.5 Å². The normalized spacial score (nSPS) is 10.5. The summed E-state index contributed by atoms with van der Waals surface area (Å²) in [7, 11) is 2.02. The van der Waals surface area contributed by atoms with Gasteiger partial charge in [0.1, 0.15) is 5.76 Å². The second kappa shape index (κ2) is 5.61. The zero-order valence-corrected chi connectivity index (χ0v) is 12.8. The summed E-state index contributed by atoms with van der Waals surface area (Å²) in [6, 6.07) is 7.74. The number of ketones is 1. The van der Waals surface area contributed by atoms with E-state index in [1.165, 1.54) is 0 Å². The molecule has 1 aromatic heterocycles. The number of carbonyl (C=O) groups excluding carboxylic acids is 1. The molecule has 19 heavy (non-hydrogen) atoms. The third kappa shape index (κ3) is 3.07. The number of anilines is 1. The zero-order chi connectivity index (χ0) is 14.0. The number of rotatable bonds is 4. The third-order valence-electron chi connectivity index (χ3n) is 3.15. The van der Waals surface area contributed by atoms with Gasteiger partial charge in [0.25, 0.3) is 0 Å². The molecule has 0 aliphatic heterocycles. The Hall–Kier alpha value is -1.55. The molecule has 0 radical (unpaired) electrons. The fraction of sp³-hybridized carbons (Fsp3) is 0.267. The first-order chi connectivity index (χ1) is 8.99. The van der Waals surface area contributed by atoms with Gasteiger partial charge in [0, 0.05) is 34.9 Å². The molecule has 0 amide bonds. The molecule has 0 saturated carbocycles. The quantitative estimate of drug-likeness (QED) is 0.792. The zero-order valence-electron chi connectivity index (χ0n) is 11.2. The van der Waals surface area contributed by atoms with Crippen LogP contribution in [0.4, 0.5) is 5.69 Å². The van der Waals surface area contributed by atoms with E-state index in [2.05, 4.69) is 20.8 Å². The van der Waals surface area contributed by atoms with Crippen LogP contribution in [0.3, 0.4) is 0 Å². The maximum Gasteiger partial charge on any atom is 0.160 e. The molecule has 0 atom stereocenters. The molecule has 0 aliphatic rings.